The third kappa shape index (κ3) is 4.31. The SMILES string of the molecule is CCC(C)(C)C(=O)Nc1ccccc1CN1CCCCC1. The molecule has 3 heteroatoms. The average molecular weight is 288 g/mol. The van der Waals surface area contributed by atoms with Crippen molar-refractivity contribution in [3.05, 3.63) is 29.8 Å². The van der Waals surface area contributed by atoms with Crippen LogP contribution in [0, 0.1) is 5.41 Å². The molecule has 3 nitrogen and oxygen atoms in total. The highest BCUT2D eigenvalue weighted by Crippen LogP contribution is 2.25. The Kier molecular flexibility index (Phi) is 5.40. The van der Waals surface area contributed by atoms with Crippen LogP contribution in [0.5, 0.6) is 0 Å². The van der Waals surface area contributed by atoms with Crippen LogP contribution < -0.4 is 5.32 Å². The molecule has 1 aliphatic rings. The van der Waals surface area contributed by atoms with E-state index >= 15 is 0 Å². The molecule has 0 unspecified atom stereocenters. The highest BCUT2D eigenvalue weighted by Gasteiger charge is 2.26. The van der Waals surface area contributed by atoms with Gasteiger partial charge in [0.15, 0.2) is 0 Å². The Morgan fingerprint density at radius 3 is 2.52 bits per heavy atom. The van der Waals surface area contributed by atoms with E-state index in [4.69, 9.17) is 0 Å². The number of benzene rings is 1. The predicted molar refractivity (Wildman–Crippen MR) is 88.3 cm³/mol. The minimum absolute atomic E-state index is 0.107. The minimum atomic E-state index is -0.321. The third-order valence-corrected chi connectivity index (χ3v) is 4.61. The smallest absolute Gasteiger partial charge is 0.230 e. The van der Waals surface area contributed by atoms with Crippen molar-refractivity contribution in [3.8, 4) is 0 Å². The fourth-order valence-electron chi connectivity index (χ4n) is 2.59. The lowest BCUT2D eigenvalue weighted by atomic mass is 9.89. The minimum Gasteiger partial charge on any atom is -0.325 e. The van der Waals surface area contributed by atoms with Crippen LogP contribution in [0.2, 0.25) is 0 Å². The monoisotopic (exact) mass is 288 g/mol. The molecule has 0 saturated carbocycles. The van der Waals surface area contributed by atoms with Gasteiger partial charge in [-0.2, -0.15) is 0 Å². The Morgan fingerprint density at radius 2 is 1.86 bits per heavy atom. The summed E-state index contributed by atoms with van der Waals surface area (Å²) in [6, 6.07) is 8.19. The molecule has 1 saturated heterocycles. The molecule has 0 bridgehead atoms. The van der Waals surface area contributed by atoms with Crippen LogP contribution in [-0.2, 0) is 11.3 Å². The van der Waals surface area contributed by atoms with E-state index in [1.165, 1.54) is 37.9 Å². The molecule has 116 valence electrons. The van der Waals surface area contributed by atoms with Gasteiger partial charge >= 0.3 is 0 Å². The van der Waals surface area contributed by atoms with Gasteiger partial charge in [0.1, 0.15) is 0 Å². The summed E-state index contributed by atoms with van der Waals surface area (Å²) in [6.07, 6.45) is 4.77. The predicted octanol–water partition coefficient (Wildman–Crippen LogP) is 4.05. The van der Waals surface area contributed by atoms with Gasteiger partial charge in [0, 0.05) is 17.6 Å². The summed E-state index contributed by atoms with van der Waals surface area (Å²) >= 11 is 0. The van der Waals surface area contributed by atoms with E-state index in [1.54, 1.807) is 0 Å². The number of carbonyl (C=O) groups is 1. The summed E-state index contributed by atoms with van der Waals surface area (Å²) in [5.74, 6) is 0.107. The first-order valence-corrected chi connectivity index (χ1v) is 8.14. The van der Waals surface area contributed by atoms with E-state index in [1.807, 2.05) is 26.0 Å². The Labute approximate surface area is 128 Å². The second-order valence-corrected chi connectivity index (χ2v) is 6.69. The maximum Gasteiger partial charge on any atom is 0.230 e. The van der Waals surface area contributed by atoms with Gasteiger partial charge in [0.05, 0.1) is 0 Å². The zero-order valence-electron chi connectivity index (χ0n) is 13.6. The standard InChI is InChI=1S/C18H28N2O/c1-4-18(2,3)17(21)19-16-11-7-6-10-15(16)14-20-12-8-5-9-13-20/h6-7,10-11H,4-5,8-9,12-14H2,1-3H3,(H,19,21). The number of hydrogen-bond acceptors (Lipinski definition) is 2. The zero-order chi connectivity index (χ0) is 15.3. The molecule has 2 rings (SSSR count). The quantitative estimate of drug-likeness (QED) is 0.886. The van der Waals surface area contributed by atoms with Crippen molar-refractivity contribution >= 4 is 11.6 Å². The molecule has 1 aliphatic heterocycles. The first kappa shape index (κ1) is 16.0. The lowest BCUT2D eigenvalue weighted by Gasteiger charge is -2.28. The van der Waals surface area contributed by atoms with Crippen LogP contribution in [0.4, 0.5) is 5.69 Å². The van der Waals surface area contributed by atoms with Crippen LogP contribution in [-0.4, -0.2) is 23.9 Å². The Morgan fingerprint density at radius 1 is 1.19 bits per heavy atom. The maximum atomic E-state index is 12.4. The van der Waals surface area contributed by atoms with Gasteiger partial charge in [-0.1, -0.05) is 45.4 Å². The number of anilines is 1. The molecule has 1 aromatic rings. The van der Waals surface area contributed by atoms with E-state index < -0.39 is 0 Å². The van der Waals surface area contributed by atoms with Crippen molar-refractivity contribution < 1.29 is 4.79 Å². The van der Waals surface area contributed by atoms with Crippen LogP contribution >= 0.6 is 0 Å². The normalized spacial score (nSPS) is 16.7. The van der Waals surface area contributed by atoms with Gasteiger partial charge in [-0.15, -0.1) is 0 Å². The molecule has 1 amide bonds. The topological polar surface area (TPSA) is 32.3 Å². The van der Waals surface area contributed by atoms with Crippen LogP contribution in [0.1, 0.15) is 52.0 Å². The zero-order valence-corrected chi connectivity index (χ0v) is 13.6. The summed E-state index contributed by atoms with van der Waals surface area (Å²) in [5, 5.41) is 3.13. The number of carbonyl (C=O) groups excluding carboxylic acids is 1. The molecule has 0 radical (unpaired) electrons. The molecular weight excluding hydrogens is 260 g/mol. The van der Waals surface area contributed by atoms with Gasteiger partial charge in [0.2, 0.25) is 5.91 Å². The molecule has 1 heterocycles. The fourth-order valence-corrected chi connectivity index (χ4v) is 2.59. The summed E-state index contributed by atoms with van der Waals surface area (Å²) in [6.45, 7) is 9.32. The van der Waals surface area contributed by atoms with Gasteiger partial charge in [-0.25, -0.2) is 0 Å². The van der Waals surface area contributed by atoms with Crippen molar-refractivity contribution in [1.29, 1.82) is 0 Å². The van der Waals surface area contributed by atoms with E-state index in [0.29, 0.717) is 0 Å². The van der Waals surface area contributed by atoms with Crippen molar-refractivity contribution in [1.82, 2.24) is 4.90 Å². The highest BCUT2D eigenvalue weighted by atomic mass is 16.2. The molecule has 1 aromatic carbocycles. The van der Waals surface area contributed by atoms with Crippen molar-refractivity contribution in [2.45, 2.75) is 53.0 Å². The first-order chi connectivity index (χ1) is 10.0. The Bertz CT molecular complexity index is 476. The average Bonchev–Trinajstić information content (AvgIpc) is 2.50. The van der Waals surface area contributed by atoms with Crippen molar-refractivity contribution in [2.24, 2.45) is 5.41 Å². The van der Waals surface area contributed by atoms with Gasteiger partial charge in [0.25, 0.3) is 0 Å². The fraction of sp³-hybridized carbons (Fsp3) is 0.611. The summed E-state index contributed by atoms with van der Waals surface area (Å²) < 4.78 is 0. The van der Waals surface area contributed by atoms with E-state index in [0.717, 1.165) is 18.7 Å². The lowest BCUT2D eigenvalue weighted by molar-refractivity contribution is -0.124. The lowest BCUT2D eigenvalue weighted by Crippen LogP contribution is -2.32. The summed E-state index contributed by atoms with van der Waals surface area (Å²) in [5.41, 5.74) is 1.87. The van der Waals surface area contributed by atoms with Crippen LogP contribution in [0.3, 0.4) is 0 Å². The Hall–Kier alpha value is -1.35. The molecular formula is C18H28N2O. The Balaban J connectivity index is 2.07. The van der Waals surface area contributed by atoms with Crippen LogP contribution in [0.15, 0.2) is 24.3 Å². The molecule has 0 aromatic heterocycles. The summed E-state index contributed by atoms with van der Waals surface area (Å²) in [4.78, 5) is 14.9. The highest BCUT2D eigenvalue weighted by molar-refractivity contribution is 5.95. The number of likely N-dealkylation sites (tertiary alicyclic amines) is 1. The van der Waals surface area contributed by atoms with E-state index in [-0.39, 0.29) is 11.3 Å². The van der Waals surface area contributed by atoms with Crippen molar-refractivity contribution in [3.63, 3.8) is 0 Å². The first-order valence-electron chi connectivity index (χ1n) is 8.14. The molecule has 1 fully saturated rings. The molecule has 0 atom stereocenters. The number of para-hydroxylation sites is 1. The number of hydrogen-bond donors (Lipinski definition) is 1. The second-order valence-electron chi connectivity index (χ2n) is 6.69. The van der Waals surface area contributed by atoms with E-state index in [9.17, 15) is 4.79 Å². The maximum absolute atomic E-state index is 12.4. The molecule has 0 spiro atoms. The second kappa shape index (κ2) is 7.08. The number of amides is 1. The number of nitrogens with zero attached hydrogens (tertiary/aromatic N) is 1. The number of piperidine rings is 1. The van der Waals surface area contributed by atoms with Crippen LogP contribution in [0.25, 0.3) is 0 Å². The van der Waals surface area contributed by atoms with E-state index in [2.05, 4.69) is 29.3 Å². The van der Waals surface area contributed by atoms with Gasteiger partial charge in [-0.3, -0.25) is 9.69 Å². The van der Waals surface area contributed by atoms with Gasteiger partial charge in [-0.05, 0) is 44.0 Å². The number of rotatable bonds is 5. The largest absolute Gasteiger partial charge is 0.325 e. The van der Waals surface area contributed by atoms with Gasteiger partial charge < -0.3 is 5.32 Å². The summed E-state index contributed by atoms with van der Waals surface area (Å²) in [7, 11) is 0. The third-order valence-electron chi connectivity index (χ3n) is 4.61. The molecule has 1 N–H and O–H groups in total. The molecule has 0 aliphatic carbocycles. The van der Waals surface area contributed by atoms with Crippen molar-refractivity contribution in [2.75, 3.05) is 18.4 Å². The molecule has 21 heavy (non-hydrogen) atoms. The number of nitrogens with one attached hydrogen (secondary N) is 1.